The third-order valence-corrected chi connectivity index (χ3v) is 4.67. The largest absolute Gasteiger partial charge is 0.496 e. The molecular weight excluding hydrogens is 336 g/mol. The number of hydrogen-bond acceptors (Lipinski definition) is 6. The van der Waals surface area contributed by atoms with Gasteiger partial charge in [0.1, 0.15) is 28.2 Å². The average Bonchev–Trinajstić information content (AvgIpc) is 2.59. The van der Waals surface area contributed by atoms with Crippen molar-refractivity contribution in [3.8, 4) is 11.8 Å². The van der Waals surface area contributed by atoms with E-state index in [1.807, 2.05) is 24.3 Å². The summed E-state index contributed by atoms with van der Waals surface area (Å²) in [6, 6.07) is 9.65. The van der Waals surface area contributed by atoms with Crippen molar-refractivity contribution in [1.29, 1.82) is 5.26 Å². The highest BCUT2D eigenvalue weighted by molar-refractivity contribution is 8.00. The van der Waals surface area contributed by atoms with Crippen LogP contribution in [-0.2, 0) is 11.3 Å². The Balaban J connectivity index is 2.05. The van der Waals surface area contributed by atoms with Gasteiger partial charge in [-0.3, -0.25) is 4.79 Å². The predicted molar refractivity (Wildman–Crippen MR) is 96.4 cm³/mol. The number of thioether (sulfide) groups is 1. The maximum atomic E-state index is 12.4. The number of nitriles is 1. The molecule has 25 heavy (non-hydrogen) atoms. The summed E-state index contributed by atoms with van der Waals surface area (Å²) in [5.41, 5.74) is 1.95. The lowest BCUT2D eigenvalue weighted by molar-refractivity contribution is -0.120. The number of amides is 1. The zero-order chi connectivity index (χ0) is 18.4. The molecule has 1 aromatic carbocycles. The van der Waals surface area contributed by atoms with Crippen LogP contribution in [0, 0.1) is 25.2 Å². The number of methoxy groups -OCH3 is 1. The molecule has 0 saturated carbocycles. The maximum Gasteiger partial charge on any atom is 0.233 e. The molecule has 2 aromatic rings. The Kier molecular flexibility index (Phi) is 6.37. The third kappa shape index (κ3) is 4.70. The molecule has 1 atom stereocenters. The number of para-hydroxylation sites is 1. The topological polar surface area (TPSA) is 87.9 Å². The van der Waals surface area contributed by atoms with Gasteiger partial charge in [0.2, 0.25) is 5.91 Å². The van der Waals surface area contributed by atoms with Crippen LogP contribution in [0.5, 0.6) is 5.75 Å². The first-order valence-corrected chi connectivity index (χ1v) is 8.65. The van der Waals surface area contributed by atoms with Gasteiger partial charge in [-0.25, -0.2) is 9.97 Å². The second-order valence-electron chi connectivity index (χ2n) is 5.44. The van der Waals surface area contributed by atoms with E-state index in [1.165, 1.54) is 11.8 Å². The molecule has 1 aromatic heterocycles. The Hall–Kier alpha value is -2.59. The molecule has 1 amide bonds. The molecular formula is C18H20N4O2S. The van der Waals surface area contributed by atoms with Gasteiger partial charge in [-0.15, -0.1) is 0 Å². The van der Waals surface area contributed by atoms with Crippen molar-refractivity contribution >= 4 is 17.7 Å². The first-order valence-electron chi connectivity index (χ1n) is 7.77. The molecule has 1 heterocycles. The third-order valence-electron chi connectivity index (χ3n) is 3.58. The molecule has 6 nitrogen and oxygen atoms in total. The van der Waals surface area contributed by atoms with E-state index in [9.17, 15) is 10.1 Å². The van der Waals surface area contributed by atoms with Crippen LogP contribution in [0.2, 0.25) is 0 Å². The second-order valence-corrected chi connectivity index (χ2v) is 6.77. The van der Waals surface area contributed by atoms with Gasteiger partial charge < -0.3 is 10.1 Å². The van der Waals surface area contributed by atoms with E-state index < -0.39 is 5.25 Å². The lowest BCUT2D eigenvalue weighted by Gasteiger charge is -2.14. The standard InChI is InChI=1S/C18H20N4O2S/c1-11-15(9-19)18(22-13(3)21-11)25-12(2)17(23)20-10-14-7-5-6-8-16(14)24-4/h5-8,12H,10H2,1-4H3,(H,20,23). The summed E-state index contributed by atoms with van der Waals surface area (Å²) < 4.78 is 5.28. The number of aromatic nitrogens is 2. The fourth-order valence-electron chi connectivity index (χ4n) is 2.29. The van der Waals surface area contributed by atoms with Crippen molar-refractivity contribution in [2.45, 2.75) is 37.6 Å². The lowest BCUT2D eigenvalue weighted by Crippen LogP contribution is -2.30. The Bertz CT molecular complexity index is 817. The van der Waals surface area contributed by atoms with Gasteiger partial charge in [-0.2, -0.15) is 5.26 Å². The highest BCUT2D eigenvalue weighted by Crippen LogP contribution is 2.26. The number of hydrogen-bond donors (Lipinski definition) is 1. The lowest BCUT2D eigenvalue weighted by atomic mass is 10.2. The van der Waals surface area contributed by atoms with Crippen LogP contribution >= 0.6 is 11.8 Å². The highest BCUT2D eigenvalue weighted by atomic mass is 32.2. The minimum absolute atomic E-state index is 0.131. The van der Waals surface area contributed by atoms with E-state index in [0.29, 0.717) is 28.7 Å². The van der Waals surface area contributed by atoms with Gasteiger partial charge in [0, 0.05) is 12.1 Å². The molecule has 0 spiro atoms. The van der Waals surface area contributed by atoms with Crippen LogP contribution in [0.4, 0.5) is 0 Å². The fraction of sp³-hybridized carbons (Fsp3) is 0.333. The summed E-state index contributed by atoms with van der Waals surface area (Å²) in [6.45, 7) is 5.70. The first-order chi connectivity index (χ1) is 12.0. The van der Waals surface area contributed by atoms with Crippen molar-refractivity contribution in [1.82, 2.24) is 15.3 Å². The first kappa shape index (κ1) is 18.7. The number of nitrogens with zero attached hydrogens (tertiary/aromatic N) is 3. The Morgan fingerprint density at radius 1 is 1.36 bits per heavy atom. The van der Waals surface area contributed by atoms with E-state index in [-0.39, 0.29) is 5.91 Å². The van der Waals surface area contributed by atoms with Crippen LogP contribution in [0.15, 0.2) is 29.3 Å². The molecule has 0 fully saturated rings. The number of aryl methyl sites for hydroxylation is 2. The number of benzene rings is 1. The summed E-state index contributed by atoms with van der Waals surface area (Å²) in [5, 5.41) is 12.3. The van der Waals surface area contributed by atoms with E-state index in [1.54, 1.807) is 27.9 Å². The van der Waals surface area contributed by atoms with Crippen molar-refractivity contribution < 1.29 is 9.53 Å². The fourth-order valence-corrected chi connectivity index (χ4v) is 3.31. The molecule has 7 heteroatoms. The van der Waals surface area contributed by atoms with Gasteiger partial charge in [0.25, 0.3) is 0 Å². The van der Waals surface area contributed by atoms with Crippen LogP contribution in [0.3, 0.4) is 0 Å². The molecule has 0 saturated heterocycles. The molecule has 130 valence electrons. The summed E-state index contributed by atoms with van der Waals surface area (Å²) in [5.74, 6) is 1.19. The summed E-state index contributed by atoms with van der Waals surface area (Å²) in [6.07, 6.45) is 0. The zero-order valence-electron chi connectivity index (χ0n) is 14.7. The zero-order valence-corrected chi connectivity index (χ0v) is 15.5. The number of carbonyl (C=O) groups excluding carboxylic acids is 1. The van der Waals surface area contributed by atoms with Crippen LogP contribution < -0.4 is 10.1 Å². The van der Waals surface area contributed by atoms with Crippen molar-refractivity contribution in [2.75, 3.05) is 7.11 Å². The molecule has 0 radical (unpaired) electrons. The maximum absolute atomic E-state index is 12.4. The Morgan fingerprint density at radius 2 is 2.08 bits per heavy atom. The SMILES string of the molecule is COc1ccccc1CNC(=O)C(C)Sc1nc(C)nc(C)c1C#N. The van der Waals surface area contributed by atoms with E-state index in [0.717, 1.165) is 11.3 Å². The predicted octanol–water partition coefficient (Wildman–Crippen LogP) is 2.77. The molecule has 0 aliphatic carbocycles. The van der Waals surface area contributed by atoms with Gasteiger partial charge in [0.15, 0.2) is 0 Å². The van der Waals surface area contributed by atoms with Crippen molar-refractivity contribution in [2.24, 2.45) is 0 Å². The monoisotopic (exact) mass is 356 g/mol. The second kappa shape index (κ2) is 8.49. The average molecular weight is 356 g/mol. The quantitative estimate of drug-likeness (QED) is 0.632. The van der Waals surface area contributed by atoms with Crippen LogP contribution in [-0.4, -0.2) is 28.2 Å². The number of ether oxygens (including phenoxy) is 1. The molecule has 0 bridgehead atoms. The van der Waals surface area contributed by atoms with Crippen molar-refractivity contribution in [3.63, 3.8) is 0 Å². The number of rotatable bonds is 6. The van der Waals surface area contributed by atoms with Crippen LogP contribution in [0.1, 0.15) is 29.6 Å². The van der Waals surface area contributed by atoms with Gasteiger partial charge in [-0.05, 0) is 26.8 Å². The molecule has 1 unspecified atom stereocenters. The summed E-state index contributed by atoms with van der Waals surface area (Å²) in [4.78, 5) is 20.9. The van der Waals surface area contributed by atoms with Crippen molar-refractivity contribution in [3.05, 3.63) is 46.9 Å². The summed E-state index contributed by atoms with van der Waals surface area (Å²) >= 11 is 1.26. The number of nitrogens with one attached hydrogen (secondary N) is 1. The van der Waals surface area contributed by atoms with Gasteiger partial charge >= 0.3 is 0 Å². The number of carbonyl (C=O) groups is 1. The van der Waals surface area contributed by atoms with Gasteiger partial charge in [-0.1, -0.05) is 30.0 Å². The normalized spacial score (nSPS) is 11.5. The van der Waals surface area contributed by atoms with Gasteiger partial charge in [0.05, 0.1) is 18.1 Å². The van der Waals surface area contributed by atoms with E-state index >= 15 is 0 Å². The molecule has 0 aliphatic rings. The minimum Gasteiger partial charge on any atom is -0.496 e. The van der Waals surface area contributed by atoms with E-state index in [2.05, 4.69) is 21.4 Å². The molecule has 1 N–H and O–H groups in total. The minimum atomic E-state index is -0.393. The Labute approximate surface area is 151 Å². The summed E-state index contributed by atoms with van der Waals surface area (Å²) in [7, 11) is 1.60. The molecule has 2 rings (SSSR count). The van der Waals surface area contributed by atoms with E-state index in [4.69, 9.17) is 4.74 Å². The molecule has 0 aliphatic heterocycles. The Morgan fingerprint density at radius 3 is 2.76 bits per heavy atom. The highest BCUT2D eigenvalue weighted by Gasteiger charge is 2.19. The smallest absolute Gasteiger partial charge is 0.233 e. The van der Waals surface area contributed by atoms with Crippen LogP contribution in [0.25, 0.3) is 0 Å².